The molecule has 0 aromatic heterocycles. The maximum absolute atomic E-state index is 12.6. The minimum Gasteiger partial charge on any atom is -0.493 e. The zero-order valence-corrected chi connectivity index (χ0v) is 21.4. The molecule has 4 rings (SSSR count). The summed E-state index contributed by atoms with van der Waals surface area (Å²) in [4.78, 5) is 18.2. The lowest BCUT2D eigenvalue weighted by Crippen LogP contribution is -2.41. The Balaban J connectivity index is 1.50. The number of aliphatic imine (C=N–C) groups is 1. The van der Waals surface area contributed by atoms with Gasteiger partial charge in [0.15, 0.2) is 28.2 Å². The number of amidine groups is 3. The van der Waals surface area contributed by atoms with Crippen LogP contribution < -0.4 is 18.9 Å². The van der Waals surface area contributed by atoms with Crippen LogP contribution >= 0.6 is 35.3 Å². The first-order valence-corrected chi connectivity index (χ1v) is 12.6. The van der Waals surface area contributed by atoms with Gasteiger partial charge in [-0.3, -0.25) is 10.2 Å². The summed E-state index contributed by atoms with van der Waals surface area (Å²) in [5.41, 5.74) is 0.681. The van der Waals surface area contributed by atoms with Gasteiger partial charge >= 0.3 is 0 Å². The molecule has 1 amide bonds. The van der Waals surface area contributed by atoms with Crippen LogP contribution in [0.3, 0.4) is 0 Å². The second-order valence-electron chi connectivity index (χ2n) is 6.99. The van der Waals surface area contributed by atoms with Crippen molar-refractivity contribution in [3.8, 4) is 23.0 Å². The molecule has 0 saturated heterocycles. The van der Waals surface area contributed by atoms with Gasteiger partial charge in [-0.25, -0.2) is 4.90 Å². The van der Waals surface area contributed by atoms with E-state index in [4.69, 9.17) is 36.0 Å². The van der Waals surface area contributed by atoms with Crippen LogP contribution in [0.1, 0.15) is 5.56 Å². The number of rotatable bonds is 8. The molecule has 1 N–H and O–H groups in total. The van der Waals surface area contributed by atoms with Gasteiger partial charge in [0.05, 0.1) is 36.8 Å². The smallest absolute Gasteiger partial charge is 0.283 e. The van der Waals surface area contributed by atoms with Gasteiger partial charge in [-0.2, -0.15) is 9.39 Å². The van der Waals surface area contributed by atoms with Gasteiger partial charge in [-0.15, -0.1) is 0 Å². The molecule has 0 radical (unpaired) electrons. The maximum atomic E-state index is 12.6. The van der Waals surface area contributed by atoms with Gasteiger partial charge in [0.2, 0.25) is 5.17 Å². The van der Waals surface area contributed by atoms with E-state index < -0.39 is 5.91 Å². The zero-order valence-electron chi connectivity index (χ0n) is 19.0. The molecule has 0 bridgehead atoms. The number of carbonyl (C=O) groups is 1. The van der Waals surface area contributed by atoms with Crippen LogP contribution in [-0.4, -0.2) is 60.7 Å². The van der Waals surface area contributed by atoms with Crippen molar-refractivity contribution < 1.29 is 23.7 Å². The van der Waals surface area contributed by atoms with E-state index in [-0.39, 0.29) is 29.6 Å². The quantitative estimate of drug-likeness (QED) is 0.295. The zero-order chi connectivity index (χ0) is 24.9. The highest BCUT2D eigenvalue weighted by Gasteiger charge is 2.37. The number of nitrogens with zero attached hydrogens (tertiary/aromatic N) is 3. The highest BCUT2D eigenvalue weighted by atomic mass is 35.5. The average molecular weight is 533 g/mol. The van der Waals surface area contributed by atoms with E-state index in [0.29, 0.717) is 38.9 Å². The average Bonchev–Trinajstić information content (AvgIpc) is 3.28. The molecule has 0 saturated carbocycles. The van der Waals surface area contributed by atoms with E-state index in [9.17, 15) is 4.79 Å². The van der Waals surface area contributed by atoms with Crippen LogP contribution in [-0.2, 0) is 4.79 Å². The summed E-state index contributed by atoms with van der Waals surface area (Å²) >= 11 is 8.93. The largest absolute Gasteiger partial charge is 0.493 e. The number of halogens is 1. The Kier molecular flexibility index (Phi) is 7.89. The van der Waals surface area contributed by atoms with Crippen LogP contribution in [0, 0.1) is 5.41 Å². The molecule has 2 aromatic carbocycles. The molecule has 0 spiro atoms. The van der Waals surface area contributed by atoms with Crippen molar-refractivity contribution in [1.82, 2.24) is 4.90 Å². The predicted octanol–water partition coefficient (Wildman–Crippen LogP) is 4.75. The van der Waals surface area contributed by atoms with Crippen LogP contribution in [0.4, 0.5) is 0 Å². The molecular formula is C23H21ClN4O5S2. The Morgan fingerprint density at radius 2 is 1.83 bits per heavy atom. The number of hydrogen-bond donors (Lipinski definition) is 1. The van der Waals surface area contributed by atoms with Gasteiger partial charge in [0, 0.05) is 0 Å². The first-order valence-electron chi connectivity index (χ1n) is 10.3. The number of nitrogens with one attached hydrogen (secondary N) is 1. The number of fused-ring (bicyclic) bond motifs is 1. The second kappa shape index (κ2) is 11.1. The summed E-state index contributed by atoms with van der Waals surface area (Å²) in [5, 5.41) is 9.78. The number of para-hydroxylation sites is 2. The van der Waals surface area contributed by atoms with E-state index >= 15 is 0 Å². The molecule has 0 atom stereocenters. The molecule has 0 aliphatic carbocycles. The lowest BCUT2D eigenvalue weighted by atomic mass is 10.1. The van der Waals surface area contributed by atoms with Crippen LogP contribution in [0.15, 0.2) is 51.4 Å². The van der Waals surface area contributed by atoms with Crippen molar-refractivity contribution in [2.24, 2.45) is 9.39 Å². The molecule has 12 heteroatoms. The fourth-order valence-electron chi connectivity index (χ4n) is 3.30. The molecule has 2 aromatic rings. The number of ether oxygens (including phenoxy) is 4. The fourth-order valence-corrected chi connectivity index (χ4v) is 5.02. The minimum atomic E-state index is -0.518. The molecule has 2 heterocycles. The van der Waals surface area contributed by atoms with Crippen LogP contribution in [0.5, 0.6) is 23.0 Å². The fraction of sp³-hybridized carbons (Fsp3) is 0.217. The maximum Gasteiger partial charge on any atom is 0.283 e. The van der Waals surface area contributed by atoms with E-state index in [1.807, 2.05) is 24.5 Å². The Bertz CT molecular complexity index is 1260. The number of thioether (sulfide) groups is 1. The summed E-state index contributed by atoms with van der Waals surface area (Å²) in [6, 6.07) is 10.6. The van der Waals surface area contributed by atoms with Gasteiger partial charge in [-0.1, -0.05) is 35.5 Å². The predicted molar refractivity (Wildman–Crippen MR) is 141 cm³/mol. The van der Waals surface area contributed by atoms with E-state index in [2.05, 4.69) is 9.39 Å². The SMILES string of the molecule is COc1ccccc1OCCOc1c(Cl)cc(/C=C2/C(=N)N3C(SC)=NSC3=NC2=O)cc1OC. The third-order valence-electron chi connectivity index (χ3n) is 4.90. The minimum absolute atomic E-state index is 0.00186. The highest BCUT2D eigenvalue weighted by molar-refractivity contribution is 8.18. The van der Waals surface area contributed by atoms with Gasteiger partial charge in [0.1, 0.15) is 19.0 Å². The number of hydrogen-bond acceptors (Lipinski definition) is 9. The molecule has 9 nitrogen and oxygen atoms in total. The highest BCUT2D eigenvalue weighted by Crippen LogP contribution is 2.38. The van der Waals surface area contributed by atoms with Crippen LogP contribution in [0.2, 0.25) is 5.02 Å². The lowest BCUT2D eigenvalue weighted by Gasteiger charge is -2.24. The molecule has 0 fully saturated rings. The van der Waals surface area contributed by atoms with Crippen molar-refractivity contribution in [3.63, 3.8) is 0 Å². The molecule has 0 unspecified atom stereocenters. The normalized spacial score (nSPS) is 16.1. The molecular weight excluding hydrogens is 512 g/mol. The lowest BCUT2D eigenvalue weighted by molar-refractivity contribution is -0.114. The monoisotopic (exact) mass is 532 g/mol. The van der Waals surface area contributed by atoms with E-state index in [0.717, 1.165) is 11.9 Å². The first-order chi connectivity index (χ1) is 17.0. The number of methoxy groups -OCH3 is 2. The standard InChI is InChI=1S/C23H21ClN4O5S2/c1-30-16-6-4-5-7-17(16)32-8-9-33-19-15(24)11-13(12-18(19)31-2)10-14-20(25)28-22(26-21(14)29)35-27-23(28)34-3/h4-7,10-12,25H,8-9H2,1-3H3/b14-10-,25-20?. The van der Waals surface area contributed by atoms with Crippen molar-refractivity contribution >= 4 is 63.5 Å². The van der Waals surface area contributed by atoms with Gasteiger partial charge < -0.3 is 18.9 Å². The van der Waals surface area contributed by atoms with Gasteiger partial charge in [-0.05, 0) is 42.2 Å². The third-order valence-corrected chi connectivity index (χ3v) is 6.63. The number of benzene rings is 2. The summed E-state index contributed by atoms with van der Waals surface area (Å²) in [6.07, 6.45) is 3.40. The van der Waals surface area contributed by atoms with Gasteiger partial charge in [0.25, 0.3) is 5.91 Å². The second-order valence-corrected chi connectivity index (χ2v) is 8.90. The molecule has 2 aliphatic rings. The Morgan fingerprint density at radius 3 is 2.54 bits per heavy atom. The Morgan fingerprint density at radius 1 is 1.11 bits per heavy atom. The summed E-state index contributed by atoms with van der Waals surface area (Å²) in [6.45, 7) is 0.462. The number of amides is 1. The Labute approximate surface area is 215 Å². The van der Waals surface area contributed by atoms with E-state index in [1.54, 1.807) is 36.3 Å². The first kappa shape index (κ1) is 25.0. The summed E-state index contributed by atoms with van der Waals surface area (Å²) in [7, 11) is 3.07. The number of carbonyl (C=O) groups excluding carboxylic acids is 1. The third kappa shape index (κ3) is 5.26. The van der Waals surface area contributed by atoms with Crippen molar-refractivity contribution in [2.45, 2.75) is 0 Å². The molecule has 35 heavy (non-hydrogen) atoms. The van der Waals surface area contributed by atoms with Crippen molar-refractivity contribution in [1.29, 1.82) is 5.41 Å². The summed E-state index contributed by atoms with van der Waals surface area (Å²) in [5.74, 6) is 1.44. The van der Waals surface area contributed by atoms with Crippen molar-refractivity contribution in [3.05, 3.63) is 52.6 Å². The summed E-state index contributed by atoms with van der Waals surface area (Å²) < 4.78 is 26.5. The van der Waals surface area contributed by atoms with E-state index in [1.165, 1.54) is 18.9 Å². The Hall–Kier alpha value is -3.15. The van der Waals surface area contributed by atoms with Crippen molar-refractivity contribution in [2.75, 3.05) is 33.7 Å². The molecule has 182 valence electrons. The topological polar surface area (TPSA) is 106 Å². The molecule has 2 aliphatic heterocycles. The van der Waals surface area contributed by atoms with Crippen LogP contribution in [0.25, 0.3) is 6.08 Å².